The first kappa shape index (κ1) is 21.0. The number of hydrogen-bond acceptors (Lipinski definition) is 3. The van der Waals surface area contributed by atoms with Gasteiger partial charge in [0, 0.05) is 25.0 Å². The van der Waals surface area contributed by atoms with Gasteiger partial charge in [-0.15, -0.1) is 24.8 Å². The molecule has 3 fully saturated rings. The van der Waals surface area contributed by atoms with E-state index in [0.717, 1.165) is 25.9 Å². The minimum Gasteiger partial charge on any atom is -0.356 e. The molecule has 1 amide bonds. The van der Waals surface area contributed by atoms with Gasteiger partial charge in [-0.3, -0.25) is 4.79 Å². The molecule has 3 aliphatic heterocycles. The number of carbonyl (C=O) groups is 1. The van der Waals surface area contributed by atoms with Crippen molar-refractivity contribution in [1.29, 1.82) is 0 Å². The molecule has 23 heavy (non-hydrogen) atoms. The molecule has 3 saturated heterocycles. The van der Waals surface area contributed by atoms with E-state index in [1.165, 1.54) is 58.0 Å². The topological polar surface area (TPSA) is 44.4 Å². The van der Waals surface area contributed by atoms with Crippen molar-refractivity contribution in [3.05, 3.63) is 0 Å². The molecule has 0 spiro atoms. The number of hydrogen-bond donors (Lipinski definition) is 2. The molecule has 3 heterocycles. The quantitative estimate of drug-likeness (QED) is 0.711. The van der Waals surface area contributed by atoms with Gasteiger partial charge in [-0.1, -0.05) is 6.42 Å². The van der Waals surface area contributed by atoms with E-state index in [9.17, 15) is 4.79 Å². The Kier molecular flexibility index (Phi) is 9.83. The van der Waals surface area contributed by atoms with Crippen LogP contribution in [0.4, 0.5) is 0 Å². The minimum absolute atomic E-state index is 0. The molecule has 0 saturated carbocycles. The van der Waals surface area contributed by atoms with Gasteiger partial charge in [-0.2, -0.15) is 0 Å². The van der Waals surface area contributed by atoms with Gasteiger partial charge in [0.15, 0.2) is 0 Å². The lowest BCUT2D eigenvalue weighted by atomic mass is 9.89. The smallest absolute Gasteiger partial charge is 0.220 e. The van der Waals surface area contributed by atoms with Crippen LogP contribution >= 0.6 is 24.8 Å². The third-order valence-corrected chi connectivity index (χ3v) is 5.47. The Morgan fingerprint density at radius 3 is 2.35 bits per heavy atom. The fourth-order valence-electron chi connectivity index (χ4n) is 4.39. The summed E-state index contributed by atoms with van der Waals surface area (Å²) in [6.45, 7) is 4.52. The number of halogens is 2. The maximum absolute atomic E-state index is 12.1. The predicted molar refractivity (Wildman–Crippen MR) is 99.7 cm³/mol. The third kappa shape index (κ3) is 6.77. The van der Waals surface area contributed by atoms with Crippen molar-refractivity contribution in [2.45, 2.75) is 69.9 Å². The lowest BCUT2D eigenvalue weighted by Gasteiger charge is -2.28. The van der Waals surface area contributed by atoms with Crippen LogP contribution in [0.15, 0.2) is 0 Å². The van der Waals surface area contributed by atoms with Crippen LogP contribution in [0.1, 0.15) is 57.8 Å². The summed E-state index contributed by atoms with van der Waals surface area (Å²) in [5, 5.41) is 6.78. The number of likely N-dealkylation sites (tertiary alicyclic amines) is 1. The SMILES string of the molecule is Cl.Cl.O=C(CC1CC2CCC(C1)N2)NCCCN1CCCCC1. The summed E-state index contributed by atoms with van der Waals surface area (Å²) in [6, 6.07) is 1.39. The van der Waals surface area contributed by atoms with Crippen LogP contribution in [0.25, 0.3) is 0 Å². The highest BCUT2D eigenvalue weighted by molar-refractivity contribution is 5.85. The van der Waals surface area contributed by atoms with Crippen LogP contribution in [0.2, 0.25) is 0 Å². The molecule has 3 aliphatic rings. The number of fused-ring (bicyclic) bond motifs is 2. The summed E-state index contributed by atoms with van der Waals surface area (Å²) >= 11 is 0. The summed E-state index contributed by atoms with van der Waals surface area (Å²) in [5.41, 5.74) is 0. The second-order valence-corrected chi connectivity index (χ2v) is 7.29. The molecule has 0 radical (unpaired) electrons. The van der Waals surface area contributed by atoms with Crippen molar-refractivity contribution in [3.8, 4) is 0 Å². The van der Waals surface area contributed by atoms with Crippen LogP contribution in [0.5, 0.6) is 0 Å². The van der Waals surface area contributed by atoms with Gasteiger partial charge >= 0.3 is 0 Å². The Morgan fingerprint density at radius 2 is 1.70 bits per heavy atom. The predicted octanol–water partition coefficient (Wildman–Crippen LogP) is 2.74. The maximum Gasteiger partial charge on any atom is 0.220 e. The standard InChI is InChI=1S/C17H31N3O.2ClH/c21-17(13-14-11-15-5-6-16(12-14)19-15)18-7-4-10-20-8-2-1-3-9-20;;/h14-16,19H,1-13H2,(H,18,21);2*1H. The molecule has 3 rings (SSSR count). The van der Waals surface area contributed by atoms with Gasteiger partial charge in [0.25, 0.3) is 0 Å². The zero-order valence-electron chi connectivity index (χ0n) is 14.1. The Labute approximate surface area is 153 Å². The molecule has 2 atom stereocenters. The molecule has 6 heteroatoms. The molecular weight excluding hydrogens is 333 g/mol. The van der Waals surface area contributed by atoms with Gasteiger partial charge in [-0.25, -0.2) is 0 Å². The largest absolute Gasteiger partial charge is 0.356 e. The lowest BCUT2D eigenvalue weighted by Crippen LogP contribution is -2.40. The van der Waals surface area contributed by atoms with Gasteiger partial charge in [-0.05, 0) is 70.5 Å². The van der Waals surface area contributed by atoms with Crippen molar-refractivity contribution in [3.63, 3.8) is 0 Å². The molecule has 2 unspecified atom stereocenters. The summed E-state index contributed by atoms with van der Waals surface area (Å²) in [5.74, 6) is 0.894. The molecule has 2 N–H and O–H groups in total. The van der Waals surface area contributed by atoms with E-state index in [2.05, 4.69) is 15.5 Å². The van der Waals surface area contributed by atoms with E-state index in [-0.39, 0.29) is 30.7 Å². The van der Waals surface area contributed by atoms with E-state index >= 15 is 0 Å². The molecule has 0 aromatic rings. The van der Waals surface area contributed by atoms with E-state index in [4.69, 9.17) is 0 Å². The first-order chi connectivity index (χ1) is 10.3. The summed E-state index contributed by atoms with van der Waals surface area (Å²) in [4.78, 5) is 14.6. The second kappa shape index (κ2) is 10.8. The number of nitrogens with zero attached hydrogens (tertiary/aromatic N) is 1. The first-order valence-electron chi connectivity index (χ1n) is 9.05. The Hall–Kier alpha value is -0.0300. The van der Waals surface area contributed by atoms with E-state index < -0.39 is 0 Å². The molecule has 0 aliphatic carbocycles. The van der Waals surface area contributed by atoms with Crippen LogP contribution in [0, 0.1) is 5.92 Å². The van der Waals surface area contributed by atoms with Crippen LogP contribution in [-0.2, 0) is 4.79 Å². The molecule has 2 bridgehead atoms. The zero-order valence-corrected chi connectivity index (χ0v) is 15.7. The average Bonchev–Trinajstić information content (AvgIpc) is 2.84. The van der Waals surface area contributed by atoms with Gasteiger partial charge in [0.05, 0.1) is 0 Å². The van der Waals surface area contributed by atoms with Gasteiger partial charge < -0.3 is 15.5 Å². The lowest BCUT2D eigenvalue weighted by molar-refractivity contribution is -0.122. The van der Waals surface area contributed by atoms with E-state index in [1.807, 2.05) is 0 Å². The normalized spacial score (nSPS) is 30.2. The Morgan fingerprint density at radius 1 is 1.04 bits per heavy atom. The monoisotopic (exact) mass is 365 g/mol. The number of nitrogens with one attached hydrogen (secondary N) is 2. The van der Waals surface area contributed by atoms with Crippen molar-refractivity contribution in [1.82, 2.24) is 15.5 Å². The summed E-state index contributed by atoms with van der Waals surface area (Å²) in [6.07, 6.45) is 11.0. The average molecular weight is 366 g/mol. The Balaban J connectivity index is 0.00000132. The Bertz CT molecular complexity index is 339. The number of rotatable bonds is 6. The number of piperidine rings is 2. The van der Waals surface area contributed by atoms with E-state index in [0.29, 0.717) is 18.0 Å². The van der Waals surface area contributed by atoms with Crippen molar-refractivity contribution >= 4 is 30.7 Å². The van der Waals surface area contributed by atoms with Crippen molar-refractivity contribution in [2.24, 2.45) is 5.92 Å². The molecular formula is C17H33Cl2N3O. The van der Waals surface area contributed by atoms with Crippen LogP contribution in [0.3, 0.4) is 0 Å². The van der Waals surface area contributed by atoms with Crippen LogP contribution < -0.4 is 10.6 Å². The van der Waals surface area contributed by atoms with Crippen molar-refractivity contribution in [2.75, 3.05) is 26.2 Å². The number of amides is 1. The second-order valence-electron chi connectivity index (χ2n) is 7.29. The molecule has 4 nitrogen and oxygen atoms in total. The van der Waals surface area contributed by atoms with Crippen molar-refractivity contribution < 1.29 is 4.79 Å². The fraction of sp³-hybridized carbons (Fsp3) is 0.941. The van der Waals surface area contributed by atoms with Crippen LogP contribution in [-0.4, -0.2) is 49.1 Å². The fourth-order valence-corrected chi connectivity index (χ4v) is 4.39. The molecule has 0 aromatic carbocycles. The van der Waals surface area contributed by atoms with Gasteiger partial charge in [0.1, 0.15) is 0 Å². The maximum atomic E-state index is 12.1. The highest BCUT2D eigenvalue weighted by Gasteiger charge is 2.34. The first-order valence-corrected chi connectivity index (χ1v) is 9.05. The minimum atomic E-state index is 0. The van der Waals surface area contributed by atoms with Gasteiger partial charge in [0.2, 0.25) is 5.91 Å². The number of carbonyl (C=O) groups excluding carboxylic acids is 1. The zero-order chi connectivity index (χ0) is 14.5. The summed E-state index contributed by atoms with van der Waals surface area (Å²) < 4.78 is 0. The highest BCUT2D eigenvalue weighted by Crippen LogP contribution is 2.32. The third-order valence-electron chi connectivity index (χ3n) is 5.47. The van der Waals surface area contributed by atoms with E-state index in [1.54, 1.807) is 0 Å². The highest BCUT2D eigenvalue weighted by atomic mass is 35.5. The summed E-state index contributed by atoms with van der Waals surface area (Å²) in [7, 11) is 0. The molecule has 136 valence electrons. The molecule has 0 aromatic heterocycles.